The van der Waals surface area contributed by atoms with E-state index in [1.54, 1.807) is 0 Å². The minimum Gasteiger partial charge on any atom is -0.466 e. The summed E-state index contributed by atoms with van der Waals surface area (Å²) in [5.41, 5.74) is 8.01. The monoisotopic (exact) mass is 243 g/mol. The molecule has 0 N–H and O–H groups in total. The Morgan fingerprint density at radius 2 is 2.00 bits per heavy atom. The molecule has 0 aliphatic carbocycles. The standard InChI is InChI=1S/C11H21N3O3/c1-2-17-11(15)7-5-3-4-6-9-16-10-8-13-14-12/h2-10H2,1H3. The van der Waals surface area contributed by atoms with Crippen molar-refractivity contribution in [1.82, 2.24) is 0 Å². The van der Waals surface area contributed by atoms with Crippen LogP contribution in [-0.4, -0.2) is 32.3 Å². The molecule has 0 aliphatic heterocycles. The molecule has 0 unspecified atom stereocenters. The Bertz CT molecular complexity index is 240. The van der Waals surface area contributed by atoms with Crippen LogP contribution in [0.5, 0.6) is 0 Å². The Morgan fingerprint density at radius 3 is 2.71 bits per heavy atom. The molecule has 0 saturated heterocycles. The molecular weight excluding hydrogens is 222 g/mol. The lowest BCUT2D eigenvalue weighted by Gasteiger charge is -2.03. The molecule has 0 aromatic heterocycles. The highest BCUT2D eigenvalue weighted by atomic mass is 16.5. The number of carbonyl (C=O) groups excluding carboxylic acids is 1. The van der Waals surface area contributed by atoms with Gasteiger partial charge in [0, 0.05) is 24.5 Å². The third-order valence-electron chi connectivity index (χ3n) is 2.12. The maximum atomic E-state index is 11.0. The van der Waals surface area contributed by atoms with E-state index >= 15 is 0 Å². The van der Waals surface area contributed by atoms with E-state index in [4.69, 9.17) is 15.0 Å². The third kappa shape index (κ3) is 12.7. The Labute approximate surface area is 102 Å². The quantitative estimate of drug-likeness (QED) is 0.184. The van der Waals surface area contributed by atoms with E-state index in [-0.39, 0.29) is 5.97 Å². The van der Waals surface area contributed by atoms with Crippen molar-refractivity contribution >= 4 is 5.97 Å². The Morgan fingerprint density at radius 1 is 1.24 bits per heavy atom. The Balaban J connectivity index is 3.08. The molecule has 0 saturated carbocycles. The highest BCUT2D eigenvalue weighted by Gasteiger charge is 2.00. The zero-order chi connectivity index (χ0) is 12.8. The SMILES string of the molecule is CCOC(=O)CCCCCCOCCN=[N+]=[N-]. The molecule has 0 radical (unpaired) electrons. The van der Waals surface area contributed by atoms with Gasteiger partial charge in [0.25, 0.3) is 0 Å². The Hall–Kier alpha value is -1.26. The van der Waals surface area contributed by atoms with Gasteiger partial charge in [-0.2, -0.15) is 0 Å². The molecule has 17 heavy (non-hydrogen) atoms. The van der Waals surface area contributed by atoms with Crippen LogP contribution in [-0.2, 0) is 14.3 Å². The highest BCUT2D eigenvalue weighted by Crippen LogP contribution is 2.04. The second-order valence-corrected chi connectivity index (χ2v) is 3.54. The van der Waals surface area contributed by atoms with Gasteiger partial charge in [0.15, 0.2) is 0 Å². The van der Waals surface area contributed by atoms with Crippen molar-refractivity contribution in [3.63, 3.8) is 0 Å². The van der Waals surface area contributed by atoms with Crippen LogP contribution in [0.3, 0.4) is 0 Å². The summed E-state index contributed by atoms with van der Waals surface area (Å²) in [5.74, 6) is -0.113. The smallest absolute Gasteiger partial charge is 0.305 e. The van der Waals surface area contributed by atoms with Gasteiger partial charge in [-0.1, -0.05) is 18.0 Å². The van der Waals surface area contributed by atoms with Crippen LogP contribution in [0.15, 0.2) is 5.11 Å². The number of carbonyl (C=O) groups is 1. The van der Waals surface area contributed by atoms with Crippen molar-refractivity contribution in [3.05, 3.63) is 10.4 Å². The van der Waals surface area contributed by atoms with Gasteiger partial charge in [0.2, 0.25) is 0 Å². The van der Waals surface area contributed by atoms with Gasteiger partial charge < -0.3 is 9.47 Å². The number of ether oxygens (including phenoxy) is 2. The predicted octanol–water partition coefficient (Wildman–Crippen LogP) is 2.83. The normalized spacial score (nSPS) is 9.71. The van der Waals surface area contributed by atoms with E-state index < -0.39 is 0 Å². The fourth-order valence-corrected chi connectivity index (χ4v) is 1.31. The van der Waals surface area contributed by atoms with Crippen molar-refractivity contribution in [1.29, 1.82) is 0 Å². The predicted molar refractivity (Wildman–Crippen MR) is 64.6 cm³/mol. The van der Waals surface area contributed by atoms with E-state index in [9.17, 15) is 4.79 Å². The van der Waals surface area contributed by atoms with Crippen LogP contribution in [0.2, 0.25) is 0 Å². The average Bonchev–Trinajstić information content (AvgIpc) is 2.32. The minimum absolute atomic E-state index is 0.113. The average molecular weight is 243 g/mol. The molecule has 0 fully saturated rings. The molecular formula is C11H21N3O3. The number of esters is 1. The first-order valence-electron chi connectivity index (χ1n) is 6.05. The minimum atomic E-state index is -0.113. The molecule has 98 valence electrons. The van der Waals surface area contributed by atoms with Crippen molar-refractivity contribution in [2.24, 2.45) is 5.11 Å². The van der Waals surface area contributed by atoms with Gasteiger partial charge in [0.1, 0.15) is 0 Å². The van der Waals surface area contributed by atoms with Gasteiger partial charge in [-0.25, -0.2) is 0 Å². The molecule has 6 nitrogen and oxygen atoms in total. The molecule has 0 bridgehead atoms. The number of hydrogen-bond donors (Lipinski definition) is 0. The van der Waals surface area contributed by atoms with Crippen molar-refractivity contribution in [2.45, 2.75) is 39.0 Å². The van der Waals surface area contributed by atoms with Crippen molar-refractivity contribution < 1.29 is 14.3 Å². The number of unbranched alkanes of at least 4 members (excludes halogenated alkanes) is 3. The molecule has 6 heteroatoms. The lowest BCUT2D eigenvalue weighted by Crippen LogP contribution is -2.03. The second kappa shape index (κ2) is 12.8. The van der Waals surface area contributed by atoms with Gasteiger partial charge in [-0.05, 0) is 25.3 Å². The molecule has 0 heterocycles. The first-order valence-corrected chi connectivity index (χ1v) is 6.05. The van der Waals surface area contributed by atoms with Crippen molar-refractivity contribution in [2.75, 3.05) is 26.4 Å². The molecule has 0 aromatic carbocycles. The van der Waals surface area contributed by atoms with Gasteiger partial charge in [0.05, 0.1) is 13.2 Å². The van der Waals surface area contributed by atoms with E-state index in [1.807, 2.05) is 6.92 Å². The molecule has 0 spiro atoms. The number of nitrogens with zero attached hydrogens (tertiary/aromatic N) is 3. The van der Waals surface area contributed by atoms with Crippen LogP contribution in [0.25, 0.3) is 10.4 Å². The number of rotatable bonds is 11. The maximum Gasteiger partial charge on any atom is 0.305 e. The van der Waals surface area contributed by atoms with Crippen molar-refractivity contribution in [3.8, 4) is 0 Å². The van der Waals surface area contributed by atoms with Crippen LogP contribution >= 0.6 is 0 Å². The van der Waals surface area contributed by atoms with Crippen LogP contribution in [0.4, 0.5) is 0 Å². The van der Waals surface area contributed by atoms with E-state index in [0.29, 0.717) is 32.8 Å². The number of azide groups is 1. The molecule has 0 atom stereocenters. The molecule has 0 aromatic rings. The van der Waals surface area contributed by atoms with Crippen LogP contribution in [0, 0.1) is 0 Å². The van der Waals surface area contributed by atoms with Gasteiger partial charge >= 0.3 is 5.97 Å². The topological polar surface area (TPSA) is 84.3 Å². The van der Waals surface area contributed by atoms with Gasteiger partial charge in [-0.3, -0.25) is 4.79 Å². The second-order valence-electron chi connectivity index (χ2n) is 3.54. The third-order valence-corrected chi connectivity index (χ3v) is 2.12. The largest absolute Gasteiger partial charge is 0.466 e. The highest BCUT2D eigenvalue weighted by molar-refractivity contribution is 5.69. The maximum absolute atomic E-state index is 11.0. The zero-order valence-electron chi connectivity index (χ0n) is 10.4. The summed E-state index contributed by atoms with van der Waals surface area (Å²) in [5, 5.41) is 3.36. The summed E-state index contributed by atoms with van der Waals surface area (Å²) in [6.45, 7) is 3.82. The van der Waals surface area contributed by atoms with Crippen LogP contribution in [0.1, 0.15) is 39.0 Å². The zero-order valence-corrected chi connectivity index (χ0v) is 10.4. The summed E-state index contributed by atoms with van der Waals surface area (Å²) in [6.07, 6.45) is 4.40. The van der Waals surface area contributed by atoms with E-state index in [1.165, 1.54) is 0 Å². The lowest BCUT2D eigenvalue weighted by atomic mass is 10.1. The van der Waals surface area contributed by atoms with E-state index in [2.05, 4.69) is 10.0 Å². The van der Waals surface area contributed by atoms with Crippen LogP contribution < -0.4 is 0 Å². The van der Waals surface area contributed by atoms with Gasteiger partial charge in [-0.15, -0.1) is 0 Å². The molecule has 0 aliphatic rings. The summed E-state index contributed by atoms with van der Waals surface area (Å²) in [7, 11) is 0. The summed E-state index contributed by atoms with van der Waals surface area (Å²) in [4.78, 5) is 13.6. The lowest BCUT2D eigenvalue weighted by molar-refractivity contribution is -0.143. The molecule has 0 rings (SSSR count). The summed E-state index contributed by atoms with van der Waals surface area (Å²) < 4.78 is 10.1. The first-order chi connectivity index (χ1) is 8.31. The molecule has 0 amide bonds. The Kier molecular flexibility index (Phi) is 11.9. The summed E-state index contributed by atoms with van der Waals surface area (Å²) >= 11 is 0. The number of hydrogen-bond acceptors (Lipinski definition) is 4. The van der Waals surface area contributed by atoms with E-state index in [0.717, 1.165) is 25.7 Å². The first kappa shape index (κ1) is 15.7. The fraction of sp³-hybridized carbons (Fsp3) is 0.909. The fourth-order valence-electron chi connectivity index (χ4n) is 1.31. The summed E-state index contributed by atoms with van der Waals surface area (Å²) in [6, 6.07) is 0.